The van der Waals surface area contributed by atoms with Crippen LogP contribution in [0.1, 0.15) is 40.5 Å². The summed E-state index contributed by atoms with van der Waals surface area (Å²) in [6, 6.07) is 2.01. The van der Waals surface area contributed by atoms with Crippen molar-refractivity contribution in [2.24, 2.45) is 21.7 Å². The summed E-state index contributed by atoms with van der Waals surface area (Å²) in [6.07, 6.45) is 3.70. The van der Waals surface area contributed by atoms with Crippen LogP contribution < -0.4 is 0 Å². The molecule has 0 aromatic carbocycles. The minimum Gasteiger partial charge on any atom is -0.271 e. The van der Waals surface area contributed by atoms with Gasteiger partial charge in [0.1, 0.15) is 5.92 Å². The van der Waals surface area contributed by atoms with Gasteiger partial charge in [0.2, 0.25) is 0 Å². The van der Waals surface area contributed by atoms with Crippen LogP contribution in [0.25, 0.3) is 0 Å². The number of nitriles is 1. The second kappa shape index (κ2) is 3.53. The predicted molar refractivity (Wildman–Crippen MR) is 66.4 cm³/mol. The number of allylic oxidation sites excluding steroid dienone is 1. The molecule has 1 atom stereocenters. The Balaban J connectivity index is 2.48. The van der Waals surface area contributed by atoms with E-state index in [4.69, 9.17) is 5.26 Å². The topological polar surface area (TPSA) is 53.2 Å². The lowest BCUT2D eigenvalue weighted by atomic mass is 9.61. The molecular weight excluding hydrogens is 212 g/mol. The summed E-state index contributed by atoms with van der Waals surface area (Å²) in [4.78, 5) is 15.8. The molecule has 0 aromatic rings. The van der Waals surface area contributed by atoms with E-state index in [1.54, 1.807) is 0 Å². The second-order valence-corrected chi connectivity index (χ2v) is 6.49. The molecule has 3 nitrogen and oxygen atoms in total. The van der Waals surface area contributed by atoms with Crippen molar-refractivity contribution in [3.63, 3.8) is 0 Å². The molecule has 90 valence electrons. The summed E-state index contributed by atoms with van der Waals surface area (Å²) in [5.41, 5.74) is 2.15. The average Bonchev–Trinajstić information content (AvgIpc) is 2.13. The van der Waals surface area contributed by atoms with Gasteiger partial charge in [0, 0.05) is 5.71 Å². The first kappa shape index (κ1) is 12.0. The van der Waals surface area contributed by atoms with Crippen molar-refractivity contribution in [2.75, 3.05) is 0 Å². The summed E-state index contributed by atoms with van der Waals surface area (Å²) in [5, 5.41) is 8.94. The zero-order chi connectivity index (χ0) is 12.8. The van der Waals surface area contributed by atoms with E-state index < -0.39 is 5.92 Å². The van der Waals surface area contributed by atoms with Gasteiger partial charge in [-0.25, -0.2) is 4.99 Å². The zero-order valence-electron chi connectivity index (χ0n) is 10.9. The van der Waals surface area contributed by atoms with Gasteiger partial charge in [-0.2, -0.15) is 5.26 Å². The van der Waals surface area contributed by atoms with E-state index in [2.05, 4.69) is 32.7 Å². The summed E-state index contributed by atoms with van der Waals surface area (Å²) in [6.45, 7) is 8.74. The van der Waals surface area contributed by atoms with E-state index in [0.717, 1.165) is 24.1 Å². The number of rotatable bonds is 0. The largest absolute Gasteiger partial charge is 0.271 e. The van der Waals surface area contributed by atoms with Gasteiger partial charge >= 0.3 is 0 Å². The highest BCUT2D eigenvalue weighted by atomic mass is 16.1. The van der Waals surface area contributed by atoms with Crippen LogP contribution in [0.2, 0.25) is 0 Å². The molecule has 1 amide bonds. The van der Waals surface area contributed by atoms with Crippen LogP contribution in [0.4, 0.5) is 0 Å². The lowest BCUT2D eigenvalue weighted by molar-refractivity contribution is -0.119. The maximum atomic E-state index is 11.6. The quantitative estimate of drug-likeness (QED) is 0.642. The predicted octanol–water partition coefficient (Wildman–Crippen LogP) is 2.88. The van der Waals surface area contributed by atoms with E-state index in [-0.39, 0.29) is 16.7 Å². The Morgan fingerprint density at radius 2 is 2.06 bits per heavy atom. The van der Waals surface area contributed by atoms with E-state index in [1.807, 2.05) is 12.1 Å². The third-order valence-electron chi connectivity index (χ3n) is 3.59. The smallest absolute Gasteiger partial charge is 0.267 e. The number of aliphatic imine (C=N–C) groups is 1. The van der Waals surface area contributed by atoms with Crippen molar-refractivity contribution in [3.8, 4) is 6.07 Å². The fraction of sp³-hybridized carbons (Fsp3) is 0.643. The summed E-state index contributed by atoms with van der Waals surface area (Å²) in [5.74, 6) is -0.992. The SMILES string of the molecule is CC1(C)CC2=NC(=O)C(C#N)C=C2C(C)(C)C1. The van der Waals surface area contributed by atoms with Gasteiger partial charge in [-0.05, 0) is 29.2 Å². The standard InChI is InChI=1S/C14H18N2O/c1-13(2)6-11-10(14(3,4)8-13)5-9(7-15)12(17)16-11/h5,9H,6,8H2,1-4H3. The van der Waals surface area contributed by atoms with Gasteiger partial charge in [-0.1, -0.05) is 33.8 Å². The van der Waals surface area contributed by atoms with Crippen molar-refractivity contribution in [3.05, 3.63) is 11.6 Å². The fourth-order valence-electron chi connectivity index (χ4n) is 3.25. The van der Waals surface area contributed by atoms with Gasteiger partial charge in [0.05, 0.1) is 6.07 Å². The Bertz CT molecular complexity index is 475. The number of carbonyl (C=O) groups is 1. The molecule has 1 aliphatic carbocycles. The molecule has 0 bridgehead atoms. The van der Waals surface area contributed by atoms with Gasteiger partial charge in [0.15, 0.2) is 0 Å². The average molecular weight is 230 g/mol. The Labute approximate surface area is 102 Å². The molecule has 17 heavy (non-hydrogen) atoms. The minimum absolute atomic E-state index is 0.00359. The molecule has 0 saturated heterocycles. The summed E-state index contributed by atoms with van der Waals surface area (Å²) >= 11 is 0. The molecule has 0 aromatic heterocycles. The van der Waals surface area contributed by atoms with E-state index >= 15 is 0 Å². The molecule has 1 heterocycles. The molecule has 2 aliphatic rings. The lowest BCUT2D eigenvalue weighted by Gasteiger charge is -2.44. The van der Waals surface area contributed by atoms with Crippen molar-refractivity contribution >= 4 is 11.6 Å². The van der Waals surface area contributed by atoms with Crippen molar-refractivity contribution in [1.29, 1.82) is 5.26 Å². The highest BCUT2D eigenvalue weighted by Gasteiger charge is 2.42. The lowest BCUT2D eigenvalue weighted by Crippen LogP contribution is -2.39. The molecule has 3 heteroatoms. The van der Waals surface area contributed by atoms with Crippen LogP contribution >= 0.6 is 0 Å². The maximum absolute atomic E-state index is 11.6. The number of nitrogens with zero attached hydrogens (tertiary/aromatic N) is 2. The fourth-order valence-corrected chi connectivity index (χ4v) is 3.25. The maximum Gasteiger partial charge on any atom is 0.267 e. The highest BCUT2D eigenvalue weighted by molar-refractivity contribution is 6.11. The van der Waals surface area contributed by atoms with Crippen LogP contribution in [0.3, 0.4) is 0 Å². The van der Waals surface area contributed by atoms with Crippen LogP contribution in [-0.2, 0) is 4.79 Å². The number of fused-ring (bicyclic) bond motifs is 1. The molecule has 0 radical (unpaired) electrons. The first-order chi connectivity index (χ1) is 7.75. The van der Waals surface area contributed by atoms with E-state index in [1.165, 1.54) is 0 Å². The number of amides is 1. The summed E-state index contributed by atoms with van der Waals surface area (Å²) in [7, 11) is 0. The minimum atomic E-state index is -0.686. The summed E-state index contributed by atoms with van der Waals surface area (Å²) < 4.78 is 0. The van der Waals surface area contributed by atoms with Crippen LogP contribution in [-0.4, -0.2) is 11.6 Å². The Kier molecular flexibility index (Phi) is 2.50. The second-order valence-electron chi connectivity index (χ2n) is 6.49. The normalized spacial score (nSPS) is 29.8. The number of hydrogen-bond donors (Lipinski definition) is 0. The Morgan fingerprint density at radius 1 is 1.41 bits per heavy atom. The molecule has 1 saturated carbocycles. The van der Waals surface area contributed by atoms with Gasteiger partial charge in [-0.3, -0.25) is 4.79 Å². The Hall–Kier alpha value is -1.43. The van der Waals surface area contributed by atoms with Crippen molar-refractivity contribution in [2.45, 2.75) is 40.5 Å². The van der Waals surface area contributed by atoms with Crippen LogP contribution in [0.5, 0.6) is 0 Å². The molecule has 1 aliphatic heterocycles. The van der Waals surface area contributed by atoms with Crippen molar-refractivity contribution < 1.29 is 4.79 Å². The third-order valence-corrected chi connectivity index (χ3v) is 3.59. The number of dihydropyridines is 1. The molecule has 1 unspecified atom stereocenters. The van der Waals surface area contributed by atoms with Gasteiger partial charge < -0.3 is 0 Å². The molecule has 0 N–H and O–H groups in total. The number of hydrogen-bond acceptors (Lipinski definition) is 2. The van der Waals surface area contributed by atoms with E-state index in [9.17, 15) is 4.79 Å². The monoisotopic (exact) mass is 230 g/mol. The number of carbonyl (C=O) groups excluding carboxylic acids is 1. The first-order valence-electron chi connectivity index (χ1n) is 5.99. The molecule has 2 rings (SSSR count). The van der Waals surface area contributed by atoms with Crippen molar-refractivity contribution in [1.82, 2.24) is 0 Å². The van der Waals surface area contributed by atoms with Crippen LogP contribution in [0.15, 0.2) is 16.6 Å². The van der Waals surface area contributed by atoms with Gasteiger partial charge in [0.25, 0.3) is 5.91 Å². The first-order valence-corrected chi connectivity index (χ1v) is 5.99. The van der Waals surface area contributed by atoms with Gasteiger partial charge in [-0.15, -0.1) is 0 Å². The van der Waals surface area contributed by atoms with Crippen LogP contribution in [0, 0.1) is 28.1 Å². The highest BCUT2D eigenvalue weighted by Crippen LogP contribution is 2.48. The molecule has 1 fully saturated rings. The Morgan fingerprint density at radius 3 is 2.65 bits per heavy atom. The molecular formula is C14H18N2O. The zero-order valence-corrected chi connectivity index (χ0v) is 10.9. The third kappa shape index (κ3) is 2.04. The molecule has 0 spiro atoms. The van der Waals surface area contributed by atoms with E-state index in [0.29, 0.717) is 0 Å².